The van der Waals surface area contributed by atoms with E-state index in [1.165, 1.54) is 17.3 Å². The fraction of sp³-hybridized carbons (Fsp3) is 0.583. The molecule has 0 unspecified atom stereocenters. The Hall–Kier alpha value is -1.56. The molecule has 0 radical (unpaired) electrons. The summed E-state index contributed by atoms with van der Waals surface area (Å²) < 4.78 is 1.17. The van der Waals surface area contributed by atoms with Crippen molar-refractivity contribution >= 4 is 23.2 Å². The summed E-state index contributed by atoms with van der Waals surface area (Å²) >= 11 is 5.63. The largest absolute Gasteiger partial charge is 0.392 e. The highest BCUT2D eigenvalue weighted by Crippen LogP contribution is 2.17. The van der Waals surface area contributed by atoms with Crippen LogP contribution < -0.4 is 16.6 Å². The molecule has 0 aliphatic heterocycles. The molecule has 1 heterocycles. The summed E-state index contributed by atoms with van der Waals surface area (Å²) in [5.41, 5.74) is 4.87. The van der Waals surface area contributed by atoms with E-state index < -0.39 is 5.56 Å². The number of nitrogens with two attached hydrogens (primary N) is 1. The van der Waals surface area contributed by atoms with Crippen LogP contribution in [0.1, 0.15) is 32.1 Å². The predicted molar refractivity (Wildman–Crippen MR) is 72.9 cm³/mol. The second-order valence-corrected chi connectivity index (χ2v) is 5.14. The van der Waals surface area contributed by atoms with Gasteiger partial charge in [-0.1, -0.05) is 30.9 Å². The van der Waals surface area contributed by atoms with Crippen LogP contribution in [0.5, 0.6) is 0 Å². The van der Waals surface area contributed by atoms with Gasteiger partial charge in [-0.05, 0) is 12.8 Å². The number of hydrogen-bond acceptors (Lipinski definition) is 4. The van der Waals surface area contributed by atoms with Gasteiger partial charge in [0.15, 0.2) is 5.15 Å². The third kappa shape index (κ3) is 3.47. The van der Waals surface area contributed by atoms with E-state index in [-0.39, 0.29) is 29.3 Å². The second-order valence-electron chi connectivity index (χ2n) is 4.78. The summed E-state index contributed by atoms with van der Waals surface area (Å²) in [5.74, 6) is -0.197. The summed E-state index contributed by atoms with van der Waals surface area (Å²) in [4.78, 5) is 27.4. The van der Waals surface area contributed by atoms with Gasteiger partial charge in [-0.2, -0.15) is 0 Å². The molecule has 1 aromatic rings. The third-order valence-electron chi connectivity index (χ3n) is 3.31. The number of nitrogens with one attached hydrogen (secondary N) is 1. The molecule has 6 nitrogen and oxygen atoms in total. The summed E-state index contributed by atoms with van der Waals surface area (Å²) in [6, 6.07) is 0.217. The van der Waals surface area contributed by atoms with Gasteiger partial charge in [-0.25, -0.2) is 4.98 Å². The molecule has 1 fully saturated rings. The molecule has 0 bridgehead atoms. The van der Waals surface area contributed by atoms with Gasteiger partial charge in [-0.3, -0.25) is 14.2 Å². The lowest BCUT2D eigenvalue weighted by Gasteiger charge is -2.22. The first-order chi connectivity index (χ1) is 9.08. The van der Waals surface area contributed by atoms with E-state index >= 15 is 0 Å². The molecule has 1 aliphatic carbocycles. The molecule has 1 saturated carbocycles. The topological polar surface area (TPSA) is 90.0 Å². The van der Waals surface area contributed by atoms with Crippen molar-refractivity contribution in [1.82, 2.24) is 14.9 Å². The molecule has 1 aliphatic rings. The molecule has 104 valence electrons. The molecule has 2 rings (SSSR count). The van der Waals surface area contributed by atoms with Crippen LogP contribution in [0.2, 0.25) is 5.15 Å². The Morgan fingerprint density at radius 3 is 2.84 bits per heavy atom. The Kier molecular flexibility index (Phi) is 4.42. The van der Waals surface area contributed by atoms with Crippen molar-refractivity contribution in [3.05, 3.63) is 21.8 Å². The van der Waals surface area contributed by atoms with Gasteiger partial charge >= 0.3 is 0 Å². The lowest BCUT2D eigenvalue weighted by molar-refractivity contribution is -0.122. The maximum absolute atomic E-state index is 11.9. The molecule has 0 saturated heterocycles. The Morgan fingerprint density at radius 2 is 2.16 bits per heavy atom. The van der Waals surface area contributed by atoms with E-state index in [1.807, 2.05) is 0 Å². The van der Waals surface area contributed by atoms with Crippen LogP contribution in [0.15, 0.2) is 11.1 Å². The number of aromatic nitrogens is 2. The van der Waals surface area contributed by atoms with Crippen LogP contribution in [-0.4, -0.2) is 21.5 Å². The second kappa shape index (κ2) is 6.06. The lowest BCUT2D eigenvalue weighted by Crippen LogP contribution is -2.40. The van der Waals surface area contributed by atoms with E-state index in [9.17, 15) is 9.59 Å². The molecule has 19 heavy (non-hydrogen) atoms. The van der Waals surface area contributed by atoms with Crippen molar-refractivity contribution in [3.63, 3.8) is 0 Å². The average molecular weight is 285 g/mol. The molecule has 1 amide bonds. The maximum atomic E-state index is 11.9. The van der Waals surface area contributed by atoms with Crippen molar-refractivity contribution in [2.45, 2.75) is 44.7 Å². The smallest absolute Gasteiger partial charge is 0.278 e. The number of hydrogen-bond donors (Lipinski definition) is 2. The standard InChI is InChI=1S/C12H17ClN4O2/c13-11-10(14)12(19)17(7-15-11)6-9(18)16-8-4-2-1-3-5-8/h7-8H,1-6,14H2,(H,16,18). The molecule has 0 atom stereocenters. The number of rotatable bonds is 3. The molecular formula is C12H17ClN4O2. The van der Waals surface area contributed by atoms with Crippen molar-refractivity contribution in [3.8, 4) is 0 Å². The normalized spacial score (nSPS) is 16.3. The Labute approximate surface area is 116 Å². The van der Waals surface area contributed by atoms with Gasteiger partial charge in [0.05, 0.1) is 6.33 Å². The van der Waals surface area contributed by atoms with Crippen molar-refractivity contribution < 1.29 is 4.79 Å². The van der Waals surface area contributed by atoms with Crippen LogP contribution in [0.3, 0.4) is 0 Å². The Morgan fingerprint density at radius 1 is 1.47 bits per heavy atom. The zero-order chi connectivity index (χ0) is 13.8. The monoisotopic (exact) mass is 284 g/mol. The predicted octanol–water partition coefficient (Wildman–Crippen LogP) is 0.928. The van der Waals surface area contributed by atoms with Crippen LogP contribution in [0.4, 0.5) is 5.69 Å². The van der Waals surface area contributed by atoms with Gasteiger partial charge in [0.2, 0.25) is 5.91 Å². The first-order valence-electron chi connectivity index (χ1n) is 6.37. The summed E-state index contributed by atoms with van der Waals surface area (Å²) in [7, 11) is 0. The number of amides is 1. The summed E-state index contributed by atoms with van der Waals surface area (Å²) in [6.07, 6.45) is 6.74. The first kappa shape index (κ1) is 13.9. The minimum Gasteiger partial charge on any atom is -0.392 e. The Bertz CT molecular complexity index is 523. The number of halogens is 1. The van der Waals surface area contributed by atoms with Crippen molar-refractivity contribution in [1.29, 1.82) is 0 Å². The van der Waals surface area contributed by atoms with Gasteiger partial charge in [0, 0.05) is 6.04 Å². The lowest BCUT2D eigenvalue weighted by atomic mass is 9.95. The quantitative estimate of drug-likeness (QED) is 0.808. The SMILES string of the molecule is Nc1c(Cl)ncn(CC(=O)NC2CCCCC2)c1=O. The number of carbonyl (C=O) groups excluding carboxylic acids is 1. The number of anilines is 1. The van der Waals surface area contributed by atoms with Gasteiger partial charge in [0.25, 0.3) is 5.56 Å². The van der Waals surface area contributed by atoms with Gasteiger partial charge < -0.3 is 11.1 Å². The molecule has 3 N–H and O–H groups in total. The molecular weight excluding hydrogens is 268 g/mol. The summed E-state index contributed by atoms with van der Waals surface area (Å²) in [6.45, 7) is -0.0797. The Balaban J connectivity index is 1.99. The number of nitrogens with zero attached hydrogens (tertiary/aromatic N) is 2. The molecule has 7 heteroatoms. The van der Waals surface area contributed by atoms with Crippen molar-refractivity contribution in [2.75, 3.05) is 5.73 Å². The zero-order valence-corrected chi connectivity index (χ0v) is 11.3. The van der Waals surface area contributed by atoms with Gasteiger partial charge in [0.1, 0.15) is 12.2 Å². The van der Waals surface area contributed by atoms with E-state index in [4.69, 9.17) is 17.3 Å². The minimum atomic E-state index is -0.487. The zero-order valence-electron chi connectivity index (χ0n) is 10.6. The number of nitrogen functional groups attached to an aromatic ring is 1. The van der Waals surface area contributed by atoms with E-state index in [0.29, 0.717) is 0 Å². The fourth-order valence-electron chi connectivity index (χ4n) is 2.27. The van der Waals surface area contributed by atoms with E-state index in [1.54, 1.807) is 0 Å². The average Bonchev–Trinajstić information content (AvgIpc) is 2.41. The highest BCUT2D eigenvalue weighted by atomic mass is 35.5. The molecule has 0 aromatic carbocycles. The minimum absolute atomic E-state index is 0.0334. The third-order valence-corrected chi connectivity index (χ3v) is 3.61. The summed E-state index contributed by atoms with van der Waals surface area (Å²) in [5, 5.41) is 2.90. The van der Waals surface area contributed by atoms with Gasteiger partial charge in [-0.15, -0.1) is 0 Å². The van der Waals surface area contributed by atoms with Crippen LogP contribution in [0, 0.1) is 0 Å². The van der Waals surface area contributed by atoms with Crippen molar-refractivity contribution in [2.24, 2.45) is 0 Å². The van der Waals surface area contributed by atoms with E-state index in [0.717, 1.165) is 25.7 Å². The number of carbonyl (C=O) groups is 1. The van der Waals surface area contributed by atoms with Crippen LogP contribution >= 0.6 is 11.6 Å². The molecule has 0 spiro atoms. The van der Waals surface area contributed by atoms with E-state index in [2.05, 4.69) is 10.3 Å². The highest BCUT2D eigenvalue weighted by Gasteiger charge is 2.16. The first-order valence-corrected chi connectivity index (χ1v) is 6.75. The fourth-order valence-corrected chi connectivity index (χ4v) is 2.40. The van der Waals surface area contributed by atoms with Crippen LogP contribution in [-0.2, 0) is 11.3 Å². The molecule has 1 aromatic heterocycles. The highest BCUT2D eigenvalue weighted by molar-refractivity contribution is 6.31. The van der Waals surface area contributed by atoms with Crippen LogP contribution in [0.25, 0.3) is 0 Å². The maximum Gasteiger partial charge on any atom is 0.278 e.